The molecule has 0 aliphatic rings. The highest BCUT2D eigenvalue weighted by Crippen LogP contribution is 2.26. The third-order valence-corrected chi connectivity index (χ3v) is 5.65. The summed E-state index contributed by atoms with van der Waals surface area (Å²) in [4.78, 5) is 23.4. The molecule has 0 saturated heterocycles. The number of rotatable bonds is 5. The average Bonchev–Trinajstić information content (AvgIpc) is 3.38. The number of hydrogen-bond donors (Lipinski definition) is 2. The van der Waals surface area contributed by atoms with Crippen molar-refractivity contribution in [1.82, 2.24) is 20.3 Å². The number of H-pyrrole nitrogens is 1. The molecule has 2 aromatic carbocycles. The van der Waals surface area contributed by atoms with Crippen LogP contribution in [-0.4, -0.2) is 20.9 Å². The monoisotopic (exact) mass is 486 g/mol. The summed E-state index contributed by atoms with van der Waals surface area (Å²) in [5.74, 6) is -1.36. The summed E-state index contributed by atoms with van der Waals surface area (Å²) >= 11 is 12.0. The van der Waals surface area contributed by atoms with Crippen molar-refractivity contribution in [3.8, 4) is 0 Å². The molecule has 0 fully saturated rings. The number of carbonyl (C=O) groups is 1. The number of carbonyl (C=O) groups excluding carboxylic acids is 1. The summed E-state index contributed by atoms with van der Waals surface area (Å²) in [5.41, 5.74) is 1.63. The maximum atomic E-state index is 14.3. The Balaban J connectivity index is 1.30. The lowest BCUT2D eigenvalue weighted by molar-refractivity contribution is 0.0921. The van der Waals surface area contributed by atoms with Crippen LogP contribution in [0.1, 0.15) is 27.6 Å². The number of hydrogen-bond acceptors (Lipinski definition) is 4. The van der Waals surface area contributed by atoms with E-state index in [0.717, 1.165) is 0 Å². The Labute approximate surface area is 195 Å². The molecule has 3 heterocycles. The standard InChI is InChI=1S/C23H14Cl2F2N4O2/c24-14-4-12-1-11(2-18(27)22(12)30-8-14)3-21-29-10-20(33-21)23(32)31-7-13-5-15-16(25)9-28-19(15)6-17(13)26/h1-2,4-6,8-10,28H,3,7H2,(H,31,32). The highest BCUT2D eigenvalue weighted by atomic mass is 35.5. The Bertz CT molecular complexity index is 1530. The lowest BCUT2D eigenvalue weighted by atomic mass is 10.1. The first kappa shape index (κ1) is 21.4. The summed E-state index contributed by atoms with van der Waals surface area (Å²) in [6, 6.07) is 7.57. The second-order valence-electron chi connectivity index (χ2n) is 7.41. The van der Waals surface area contributed by atoms with Crippen molar-refractivity contribution in [3.05, 3.63) is 93.4 Å². The number of benzene rings is 2. The molecular weight excluding hydrogens is 473 g/mol. The van der Waals surface area contributed by atoms with E-state index < -0.39 is 17.5 Å². The molecule has 3 aromatic heterocycles. The van der Waals surface area contributed by atoms with E-state index in [1.807, 2.05) is 0 Å². The van der Waals surface area contributed by atoms with E-state index in [1.165, 1.54) is 24.5 Å². The zero-order valence-electron chi connectivity index (χ0n) is 16.8. The molecule has 1 amide bonds. The molecular formula is C23H14Cl2F2N4O2. The van der Waals surface area contributed by atoms with E-state index in [4.69, 9.17) is 27.6 Å². The van der Waals surface area contributed by atoms with E-state index >= 15 is 0 Å². The Morgan fingerprint density at radius 1 is 1.06 bits per heavy atom. The van der Waals surface area contributed by atoms with Crippen molar-refractivity contribution in [3.63, 3.8) is 0 Å². The van der Waals surface area contributed by atoms with Crippen LogP contribution in [0.2, 0.25) is 10.0 Å². The number of amides is 1. The summed E-state index contributed by atoms with van der Waals surface area (Å²) in [7, 11) is 0. The first-order valence-corrected chi connectivity index (χ1v) is 10.5. The van der Waals surface area contributed by atoms with E-state index in [0.29, 0.717) is 31.9 Å². The third-order valence-electron chi connectivity index (χ3n) is 5.13. The maximum Gasteiger partial charge on any atom is 0.288 e. The number of fused-ring (bicyclic) bond motifs is 2. The lowest BCUT2D eigenvalue weighted by Crippen LogP contribution is -2.22. The summed E-state index contributed by atoms with van der Waals surface area (Å²) in [6.45, 7) is -0.0677. The molecule has 5 aromatic rings. The van der Waals surface area contributed by atoms with Crippen LogP contribution < -0.4 is 5.32 Å². The number of nitrogens with one attached hydrogen (secondary N) is 2. The van der Waals surface area contributed by atoms with Crippen LogP contribution in [0.4, 0.5) is 8.78 Å². The Morgan fingerprint density at radius 3 is 2.76 bits per heavy atom. The predicted molar refractivity (Wildman–Crippen MR) is 120 cm³/mol. The Kier molecular flexibility index (Phi) is 5.47. The van der Waals surface area contributed by atoms with Crippen LogP contribution in [0.3, 0.4) is 0 Å². The van der Waals surface area contributed by atoms with E-state index in [2.05, 4.69) is 20.3 Å². The van der Waals surface area contributed by atoms with Gasteiger partial charge in [0.1, 0.15) is 17.2 Å². The van der Waals surface area contributed by atoms with Crippen molar-refractivity contribution in [2.45, 2.75) is 13.0 Å². The number of halogens is 4. The average molecular weight is 487 g/mol. The van der Waals surface area contributed by atoms with Gasteiger partial charge in [-0.3, -0.25) is 9.78 Å². The second kappa shape index (κ2) is 8.46. The zero-order chi connectivity index (χ0) is 23.1. The largest absolute Gasteiger partial charge is 0.435 e. The van der Waals surface area contributed by atoms with Gasteiger partial charge in [-0.2, -0.15) is 0 Å². The first-order valence-electron chi connectivity index (χ1n) is 9.79. The molecule has 33 heavy (non-hydrogen) atoms. The maximum absolute atomic E-state index is 14.3. The van der Waals surface area contributed by atoms with Gasteiger partial charge in [-0.15, -0.1) is 0 Å². The van der Waals surface area contributed by atoms with Crippen LogP contribution in [0.25, 0.3) is 21.8 Å². The van der Waals surface area contributed by atoms with Gasteiger partial charge >= 0.3 is 0 Å². The van der Waals surface area contributed by atoms with Gasteiger partial charge in [-0.1, -0.05) is 23.2 Å². The van der Waals surface area contributed by atoms with E-state index in [-0.39, 0.29) is 35.7 Å². The SMILES string of the molecule is O=C(NCc1cc2c(Cl)c[nH]c2cc1F)c1cnc(Cc2cc(F)c3ncc(Cl)cc3c2)o1. The van der Waals surface area contributed by atoms with Gasteiger partial charge in [0, 0.05) is 47.2 Å². The molecule has 0 saturated carbocycles. The van der Waals surface area contributed by atoms with Gasteiger partial charge < -0.3 is 14.7 Å². The number of aromatic amines is 1. The van der Waals surface area contributed by atoms with Crippen molar-refractivity contribution in [1.29, 1.82) is 0 Å². The molecule has 2 N–H and O–H groups in total. The molecule has 6 nitrogen and oxygen atoms in total. The van der Waals surface area contributed by atoms with E-state index in [9.17, 15) is 13.6 Å². The highest BCUT2D eigenvalue weighted by Gasteiger charge is 2.16. The molecule has 0 bridgehead atoms. The molecule has 5 rings (SSSR count). The van der Waals surface area contributed by atoms with Crippen LogP contribution in [-0.2, 0) is 13.0 Å². The van der Waals surface area contributed by atoms with E-state index in [1.54, 1.807) is 24.4 Å². The molecule has 0 atom stereocenters. The van der Waals surface area contributed by atoms with Gasteiger partial charge in [0.25, 0.3) is 5.91 Å². The zero-order valence-corrected chi connectivity index (χ0v) is 18.3. The van der Waals surface area contributed by atoms with Crippen LogP contribution >= 0.6 is 23.2 Å². The van der Waals surface area contributed by atoms with Crippen LogP contribution in [0.15, 0.2) is 53.3 Å². The van der Waals surface area contributed by atoms with Gasteiger partial charge in [0.05, 0.1) is 16.2 Å². The van der Waals surface area contributed by atoms with Gasteiger partial charge in [0.15, 0.2) is 5.89 Å². The minimum absolute atomic E-state index is 0.0443. The van der Waals surface area contributed by atoms with Crippen LogP contribution in [0.5, 0.6) is 0 Å². The van der Waals surface area contributed by atoms with Crippen molar-refractivity contribution < 1.29 is 18.0 Å². The predicted octanol–water partition coefficient (Wildman–Crippen LogP) is 5.81. The van der Waals surface area contributed by atoms with Crippen LogP contribution in [0, 0.1) is 11.6 Å². The fourth-order valence-electron chi connectivity index (χ4n) is 3.56. The molecule has 0 spiro atoms. The summed E-state index contributed by atoms with van der Waals surface area (Å²) < 4.78 is 34.2. The van der Waals surface area contributed by atoms with Gasteiger partial charge in [-0.25, -0.2) is 13.8 Å². The summed E-state index contributed by atoms with van der Waals surface area (Å²) in [5, 5.41) is 4.65. The quantitative estimate of drug-likeness (QED) is 0.328. The number of oxazole rings is 1. The number of aromatic nitrogens is 3. The smallest absolute Gasteiger partial charge is 0.288 e. The minimum atomic E-state index is -0.561. The van der Waals surface area contributed by atoms with Crippen molar-refractivity contribution in [2.24, 2.45) is 0 Å². The number of pyridine rings is 1. The fraction of sp³-hybridized carbons (Fsp3) is 0.0870. The Morgan fingerprint density at radius 2 is 1.91 bits per heavy atom. The normalized spacial score (nSPS) is 11.4. The Hall–Kier alpha value is -3.49. The van der Waals surface area contributed by atoms with Gasteiger partial charge in [0.2, 0.25) is 5.76 Å². The summed E-state index contributed by atoms with van der Waals surface area (Å²) in [6.07, 6.45) is 4.37. The lowest BCUT2D eigenvalue weighted by Gasteiger charge is -2.06. The topological polar surface area (TPSA) is 83.8 Å². The molecule has 166 valence electrons. The molecule has 10 heteroatoms. The fourth-order valence-corrected chi connectivity index (χ4v) is 3.94. The molecule has 0 aliphatic heterocycles. The first-order chi connectivity index (χ1) is 15.9. The molecule has 0 radical (unpaired) electrons. The highest BCUT2D eigenvalue weighted by molar-refractivity contribution is 6.35. The third kappa shape index (κ3) is 4.27. The van der Waals surface area contributed by atoms with Gasteiger partial charge in [-0.05, 0) is 35.9 Å². The number of nitrogens with zero attached hydrogens (tertiary/aromatic N) is 2. The minimum Gasteiger partial charge on any atom is -0.435 e. The second-order valence-corrected chi connectivity index (χ2v) is 8.25. The molecule has 0 aliphatic carbocycles. The molecule has 0 unspecified atom stereocenters. The van der Waals surface area contributed by atoms with Crippen molar-refractivity contribution in [2.75, 3.05) is 0 Å². The van der Waals surface area contributed by atoms with Crippen molar-refractivity contribution >= 4 is 50.9 Å².